The summed E-state index contributed by atoms with van der Waals surface area (Å²) in [7, 11) is 1.93. The van der Waals surface area contributed by atoms with Crippen molar-refractivity contribution in [1.82, 2.24) is 9.78 Å². The average molecular weight is 315 g/mol. The third-order valence-electron chi connectivity index (χ3n) is 4.39. The van der Waals surface area contributed by atoms with Gasteiger partial charge in [0.25, 0.3) is 0 Å². The first-order chi connectivity index (χ1) is 10.6. The number of carbonyl (C=O) groups excluding carboxylic acids is 1. The first kappa shape index (κ1) is 15.0. The maximum Gasteiger partial charge on any atom is 0.147 e. The molecule has 0 aliphatic heterocycles. The lowest BCUT2D eigenvalue weighted by molar-refractivity contribution is -0.105. The van der Waals surface area contributed by atoms with Crippen LogP contribution in [0.5, 0.6) is 0 Å². The molecule has 1 unspecified atom stereocenters. The van der Waals surface area contributed by atoms with E-state index in [0.29, 0.717) is 10.6 Å². The summed E-state index contributed by atoms with van der Waals surface area (Å²) in [5, 5.41) is 5.17. The number of aromatic nitrogens is 2. The second-order valence-corrected chi connectivity index (χ2v) is 6.21. The fourth-order valence-electron chi connectivity index (χ4n) is 3.11. The van der Waals surface area contributed by atoms with E-state index in [1.165, 1.54) is 5.56 Å². The van der Waals surface area contributed by atoms with Crippen molar-refractivity contribution in [1.29, 1.82) is 0 Å². The predicted molar refractivity (Wildman–Crippen MR) is 89.7 cm³/mol. The quantitative estimate of drug-likeness (QED) is 0.803. The van der Waals surface area contributed by atoms with Crippen molar-refractivity contribution in [2.75, 3.05) is 0 Å². The van der Waals surface area contributed by atoms with Crippen molar-refractivity contribution in [2.24, 2.45) is 13.0 Å². The van der Waals surface area contributed by atoms with Gasteiger partial charge in [-0.2, -0.15) is 5.10 Å². The summed E-state index contributed by atoms with van der Waals surface area (Å²) in [6.45, 7) is 4.15. The van der Waals surface area contributed by atoms with Crippen LogP contribution >= 0.6 is 11.6 Å². The van der Waals surface area contributed by atoms with Crippen LogP contribution in [0.3, 0.4) is 0 Å². The Hall–Kier alpha value is -1.87. The van der Waals surface area contributed by atoms with Gasteiger partial charge in [-0.05, 0) is 24.3 Å². The lowest BCUT2D eigenvalue weighted by atomic mass is 9.87. The topological polar surface area (TPSA) is 34.9 Å². The second-order valence-electron chi connectivity index (χ2n) is 5.84. The number of benzene rings is 1. The second kappa shape index (κ2) is 5.73. The van der Waals surface area contributed by atoms with Crippen LogP contribution in [0.2, 0.25) is 0 Å². The Kier molecular flexibility index (Phi) is 3.92. The molecule has 0 saturated carbocycles. The van der Waals surface area contributed by atoms with Gasteiger partial charge in [-0.1, -0.05) is 49.7 Å². The Morgan fingerprint density at radius 1 is 1.36 bits per heavy atom. The zero-order chi connectivity index (χ0) is 15.9. The Bertz CT molecular complexity index is 756. The van der Waals surface area contributed by atoms with Gasteiger partial charge in [0.05, 0.1) is 16.4 Å². The normalized spacial score (nSPS) is 17.5. The van der Waals surface area contributed by atoms with Gasteiger partial charge in [-0.25, -0.2) is 0 Å². The summed E-state index contributed by atoms with van der Waals surface area (Å²) < 4.78 is 1.87. The summed E-state index contributed by atoms with van der Waals surface area (Å²) in [5.74, 6) is 0.114. The molecule has 1 aliphatic rings. The molecule has 0 spiro atoms. The molecule has 114 valence electrons. The van der Waals surface area contributed by atoms with Crippen LogP contribution in [0.4, 0.5) is 0 Å². The van der Waals surface area contributed by atoms with Crippen molar-refractivity contribution in [3.8, 4) is 11.3 Å². The van der Waals surface area contributed by atoms with Gasteiger partial charge in [0.15, 0.2) is 0 Å². The van der Waals surface area contributed by atoms with E-state index in [1.807, 2.05) is 18.7 Å². The number of aryl methyl sites for hydroxylation is 2. The average Bonchev–Trinajstić information content (AvgIpc) is 2.84. The minimum Gasteiger partial charge on any atom is -0.298 e. The third-order valence-corrected chi connectivity index (χ3v) is 4.79. The Balaban J connectivity index is 2.20. The van der Waals surface area contributed by atoms with Crippen molar-refractivity contribution < 1.29 is 4.79 Å². The number of nitrogens with zero attached hydrogens (tertiary/aromatic N) is 2. The summed E-state index contributed by atoms with van der Waals surface area (Å²) in [6.07, 6.45) is 2.64. The van der Waals surface area contributed by atoms with Gasteiger partial charge in [0.2, 0.25) is 0 Å². The number of aldehydes is 1. The van der Waals surface area contributed by atoms with Crippen molar-refractivity contribution >= 4 is 22.9 Å². The highest BCUT2D eigenvalue weighted by atomic mass is 35.5. The molecule has 22 heavy (non-hydrogen) atoms. The molecule has 0 bridgehead atoms. The number of allylic oxidation sites excluding steroid dienone is 1. The third kappa shape index (κ3) is 2.30. The van der Waals surface area contributed by atoms with E-state index in [-0.39, 0.29) is 5.92 Å². The largest absolute Gasteiger partial charge is 0.298 e. The predicted octanol–water partition coefficient (Wildman–Crippen LogP) is 3.99. The number of carbonyl (C=O) groups is 1. The minimum absolute atomic E-state index is 0.114. The monoisotopic (exact) mass is 314 g/mol. The molecule has 1 atom stereocenters. The number of hydrogen-bond donors (Lipinski definition) is 0. The molecule has 4 heteroatoms. The zero-order valence-corrected chi connectivity index (χ0v) is 13.8. The van der Waals surface area contributed by atoms with Gasteiger partial charge in [0.1, 0.15) is 6.29 Å². The summed E-state index contributed by atoms with van der Waals surface area (Å²) >= 11 is 6.53. The fraction of sp³-hybridized carbons (Fsp3) is 0.333. The van der Waals surface area contributed by atoms with Crippen LogP contribution in [-0.4, -0.2) is 16.1 Å². The maximum atomic E-state index is 11.4. The lowest BCUT2D eigenvalue weighted by Crippen LogP contribution is -2.13. The van der Waals surface area contributed by atoms with Crippen LogP contribution in [0.15, 0.2) is 29.8 Å². The van der Waals surface area contributed by atoms with Crippen LogP contribution in [0.25, 0.3) is 16.3 Å². The van der Waals surface area contributed by atoms with E-state index in [2.05, 4.69) is 36.3 Å². The molecule has 0 radical (unpaired) electrons. The molecule has 1 aromatic carbocycles. The SMILES string of the molecule is CCc1ccc(-c2c3c(nn2C)CC(C)C(C=O)=C3Cl)cc1. The minimum atomic E-state index is 0.114. The molecule has 1 aliphatic carbocycles. The molecule has 0 N–H and O–H groups in total. The zero-order valence-electron chi connectivity index (χ0n) is 13.1. The van der Waals surface area contributed by atoms with Crippen molar-refractivity contribution in [2.45, 2.75) is 26.7 Å². The van der Waals surface area contributed by atoms with E-state index in [1.54, 1.807) is 0 Å². The molecule has 2 aromatic rings. The first-order valence-electron chi connectivity index (χ1n) is 7.57. The highest BCUT2D eigenvalue weighted by molar-refractivity contribution is 6.51. The standard InChI is InChI=1S/C18H19ClN2O/c1-4-12-5-7-13(8-6-12)18-16-15(20-21(18)3)9-11(2)14(10-22)17(16)19/h5-8,10-11H,4,9H2,1-3H3. The number of rotatable bonds is 3. The maximum absolute atomic E-state index is 11.4. The highest BCUT2D eigenvalue weighted by Gasteiger charge is 2.29. The molecule has 3 rings (SSSR count). The molecule has 0 amide bonds. The van der Waals surface area contributed by atoms with Gasteiger partial charge in [-0.3, -0.25) is 9.48 Å². The number of halogens is 1. The van der Waals surface area contributed by atoms with E-state index < -0.39 is 0 Å². The molecule has 3 nitrogen and oxygen atoms in total. The molecular formula is C18H19ClN2O. The molecular weight excluding hydrogens is 296 g/mol. The highest BCUT2D eigenvalue weighted by Crippen LogP contribution is 2.41. The summed E-state index contributed by atoms with van der Waals surface area (Å²) in [5.41, 5.74) is 5.91. The van der Waals surface area contributed by atoms with Crippen LogP contribution < -0.4 is 0 Å². The van der Waals surface area contributed by atoms with Crippen molar-refractivity contribution in [3.05, 3.63) is 46.7 Å². The molecule has 1 aromatic heterocycles. The van der Waals surface area contributed by atoms with Gasteiger partial charge in [0, 0.05) is 23.7 Å². The van der Waals surface area contributed by atoms with Crippen LogP contribution in [0, 0.1) is 5.92 Å². The summed E-state index contributed by atoms with van der Waals surface area (Å²) in [6, 6.07) is 8.44. The van der Waals surface area contributed by atoms with E-state index in [0.717, 1.165) is 41.6 Å². The van der Waals surface area contributed by atoms with Crippen LogP contribution in [-0.2, 0) is 24.7 Å². The first-order valence-corrected chi connectivity index (χ1v) is 7.95. The van der Waals surface area contributed by atoms with Gasteiger partial charge < -0.3 is 0 Å². The Labute approximate surface area is 135 Å². The van der Waals surface area contributed by atoms with E-state index in [9.17, 15) is 4.79 Å². The van der Waals surface area contributed by atoms with E-state index >= 15 is 0 Å². The molecule has 1 heterocycles. The Morgan fingerprint density at radius 3 is 2.64 bits per heavy atom. The van der Waals surface area contributed by atoms with Crippen molar-refractivity contribution in [3.63, 3.8) is 0 Å². The molecule has 0 saturated heterocycles. The molecule has 0 fully saturated rings. The Morgan fingerprint density at radius 2 is 2.05 bits per heavy atom. The smallest absolute Gasteiger partial charge is 0.147 e. The van der Waals surface area contributed by atoms with E-state index in [4.69, 9.17) is 11.6 Å². The fourth-order valence-corrected chi connectivity index (χ4v) is 3.54. The number of fused-ring (bicyclic) bond motifs is 1. The lowest BCUT2D eigenvalue weighted by Gasteiger charge is -2.19. The van der Waals surface area contributed by atoms with Gasteiger partial charge >= 0.3 is 0 Å². The van der Waals surface area contributed by atoms with Crippen LogP contribution in [0.1, 0.15) is 30.7 Å². The summed E-state index contributed by atoms with van der Waals surface area (Å²) in [4.78, 5) is 11.4. The number of hydrogen-bond acceptors (Lipinski definition) is 2. The van der Waals surface area contributed by atoms with Gasteiger partial charge in [-0.15, -0.1) is 0 Å².